The van der Waals surface area contributed by atoms with Gasteiger partial charge < -0.3 is 10.2 Å². The Balaban J connectivity index is 2.01. The first-order valence-corrected chi connectivity index (χ1v) is 8.85. The van der Waals surface area contributed by atoms with E-state index in [0.29, 0.717) is 35.2 Å². The van der Waals surface area contributed by atoms with Crippen molar-refractivity contribution in [3.05, 3.63) is 35.4 Å². The molecule has 2 rings (SSSR count). The lowest BCUT2D eigenvalue weighted by Crippen LogP contribution is -2.47. The van der Waals surface area contributed by atoms with Gasteiger partial charge in [-0.2, -0.15) is 5.26 Å². The average molecular weight is 331 g/mol. The van der Waals surface area contributed by atoms with E-state index in [-0.39, 0.29) is 11.8 Å². The predicted molar refractivity (Wildman–Crippen MR) is 90.9 cm³/mol. The Kier molecular flexibility index (Phi) is 6.05. The second kappa shape index (κ2) is 8.02. The number of thioether (sulfide) groups is 1. The number of carbonyl (C=O) groups excluding carboxylic acids is 2. The third-order valence-corrected chi connectivity index (χ3v) is 4.74. The van der Waals surface area contributed by atoms with E-state index in [4.69, 9.17) is 5.26 Å². The van der Waals surface area contributed by atoms with E-state index in [1.807, 2.05) is 6.07 Å². The summed E-state index contributed by atoms with van der Waals surface area (Å²) in [6.45, 7) is 4.85. The summed E-state index contributed by atoms with van der Waals surface area (Å²) < 4.78 is 0. The van der Waals surface area contributed by atoms with E-state index < -0.39 is 6.04 Å². The highest BCUT2D eigenvalue weighted by molar-refractivity contribution is 7.99. The molecule has 23 heavy (non-hydrogen) atoms. The van der Waals surface area contributed by atoms with Crippen LogP contribution in [0.5, 0.6) is 0 Å². The molecule has 1 aromatic carbocycles. The molecular formula is C17H21N3O2S. The molecule has 1 fully saturated rings. The zero-order chi connectivity index (χ0) is 16.8. The van der Waals surface area contributed by atoms with Crippen molar-refractivity contribution >= 4 is 23.6 Å². The van der Waals surface area contributed by atoms with Crippen LogP contribution < -0.4 is 5.32 Å². The zero-order valence-electron chi connectivity index (χ0n) is 13.4. The Morgan fingerprint density at radius 2 is 2.09 bits per heavy atom. The summed E-state index contributed by atoms with van der Waals surface area (Å²) >= 11 is 1.58. The van der Waals surface area contributed by atoms with Crippen LogP contribution in [-0.4, -0.2) is 40.9 Å². The molecule has 0 saturated carbocycles. The molecule has 0 spiro atoms. The van der Waals surface area contributed by atoms with Crippen LogP contribution in [0.4, 0.5) is 0 Å². The molecule has 1 N–H and O–H groups in total. The van der Waals surface area contributed by atoms with E-state index in [9.17, 15) is 9.59 Å². The molecular weight excluding hydrogens is 310 g/mol. The van der Waals surface area contributed by atoms with Crippen LogP contribution in [0.1, 0.15) is 36.2 Å². The van der Waals surface area contributed by atoms with Gasteiger partial charge in [0.15, 0.2) is 0 Å². The molecule has 1 saturated heterocycles. The molecule has 0 bridgehead atoms. The second-order valence-electron chi connectivity index (χ2n) is 5.95. The average Bonchev–Trinajstić information content (AvgIpc) is 3.03. The number of rotatable bonds is 5. The van der Waals surface area contributed by atoms with Gasteiger partial charge in [-0.3, -0.25) is 9.59 Å². The SMILES string of the molecule is CC(C)CCNC(=O)[C@@H]1CSCN1C(=O)c1ccc(C#N)cc1. The Morgan fingerprint density at radius 1 is 1.39 bits per heavy atom. The van der Waals surface area contributed by atoms with Crippen molar-refractivity contribution in [3.8, 4) is 6.07 Å². The van der Waals surface area contributed by atoms with Crippen molar-refractivity contribution < 1.29 is 9.59 Å². The standard InChI is InChI=1S/C17H21N3O2S/c1-12(2)7-8-19-16(21)15-10-23-11-20(15)17(22)14-5-3-13(9-18)4-6-14/h3-6,12,15H,7-8,10-11H2,1-2H3,(H,19,21)/t15-/m0/s1. The maximum Gasteiger partial charge on any atom is 0.255 e. The van der Waals surface area contributed by atoms with Crippen LogP contribution >= 0.6 is 11.8 Å². The van der Waals surface area contributed by atoms with Crippen LogP contribution in [0.15, 0.2) is 24.3 Å². The molecule has 1 aromatic rings. The Bertz CT molecular complexity index is 607. The lowest BCUT2D eigenvalue weighted by molar-refractivity contribution is -0.124. The number of nitrogens with zero attached hydrogens (tertiary/aromatic N) is 2. The number of benzene rings is 1. The fraction of sp³-hybridized carbons (Fsp3) is 0.471. The van der Waals surface area contributed by atoms with Gasteiger partial charge in [-0.15, -0.1) is 11.8 Å². The fourth-order valence-electron chi connectivity index (χ4n) is 2.32. The normalized spacial score (nSPS) is 17.1. The van der Waals surface area contributed by atoms with Gasteiger partial charge >= 0.3 is 0 Å². The van der Waals surface area contributed by atoms with Gasteiger partial charge in [-0.25, -0.2) is 0 Å². The summed E-state index contributed by atoms with van der Waals surface area (Å²) in [4.78, 5) is 26.5. The molecule has 5 nitrogen and oxygen atoms in total. The molecule has 0 aliphatic carbocycles. The molecule has 1 heterocycles. The number of hydrogen-bond donors (Lipinski definition) is 1. The third-order valence-electron chi connectivity index (χ3n) is 3.73. The Hall–Kier alpha value is -2.00. The van der Waals surface area contributed by atoms with Gasteiger partial charge in [0.05, 0.1) is 17.5 Å². The molecule has 6 heteroatoms. The van der Waals surface area contributed by atoms with E-state index in [2.05, 4.69) is 19.2 Å². The van der Waals surface area contributed by atoms with Gasteiger partial charge in [0.25, 0.3) is 5.91 Å². The monoisotopic (exact) mass is 331 g/mol. The fourth-order valence-corrected chi connectivity index (χ4v) is 3.47. The number of carbonyl (C=O) groups is 2. The lowest BCUT2D eigenvalue weighted by Gasteiger charge is -2.23. The van der Waals surface area contributed by atoms with Gasteiger partial charge in [-0.1, -0.05) is 13.8 Å². The lowest BCUT2D eigenvalue weighted by atomic mass is 10.1. The van der Waals surface area contributed by atoms with Crippen LogP contribution in [0.3, 0.4) is 0 Å². The Labute approximate surface area is 141 Å². The first-order valence-electron chi connectivity index (χ1n) is 7.69. The van der Waals surface area contributed by atoms with Crippen LogP contribution in [0, 0.1) is 17.2 Å². The first-order chi connectivity index (χ1) is 11.0. The highest BCUT2D eigenvalue weighted by Crippen LogP contribution is 2.23. The maximum absolute atomic E-state index is 12.6. The van der Waals surface area contributed by atoms with Crippen molar-refractivity contribution in [3.63, 3.8) is 0 Å². The number of amides is 2. The number of nitrogens with one attached hydrogen (secondary N) is 1. The minimum atomic E-state index is -0.421. The predicted octanol–water partition coefficient (Wildman–Crippen LogP) is 2.24. The molecule has 122 valence electrons. The molecule has 0 aromatic heterocycles. The van der Waals surface area contributed by atoms with E-state index in [1.165, 1.54) is 0 Å². The van der Waals surface area contributed by atoms with Crippen molar-refractivity contribution in [1.82, 2.24) is 10.2 Å². The van der Waals surface area contributed by atoms with Crippen molar-refractivity contribution in [2.24, 2.45) is 5.92 Å². The van der Waals surface area contributed by atoms with Crippen molar-refractivity contribution in [2.45, 2.75) is 26.3 Å². The summed E-state index contributed by atoms with van der Waals surface area (Å²) in [5.74, 6) is 1.42. The smallest absolute Gasteiger partial charge is 0.255 e. The van der Waals surface area contributed by atoms with Gasteiger partial charge in [0.2, 0.25) is 5.91 Å². The quantitative estimate of drug-likeness (QED) is 0.898. The molecule has 1 aliphatic rings. The topological polar surface area (TPSA) is 73.2 Å². The number of nitriles is 1. The largest absolute Gasteiger partial charge is 0.354 e. The van der Waals surface area contributed by atoms with Gasteiger partial charge in [0, 0.05) is 17.9 Å². The van der Waals surface area contributed by atoms with Crippen LogP contribution in [0.2, 0.25) is 0 Å². The molecule has 1 atom stereocenters. The Morgan fingerprint density at radius 3 is 2.70 bits per heavy atom. The molecule has 0 radical (unpaired) electrons. The molecule has 0 unspecified atom stereocenters. The zero-order valence-corrected chi connectivity index (χ0v) is 14.2. The second-order valence-corrected chi connectivity index (χ2v) is 6.95. The first kappa shape index (κ1) is 17.4. The van der Waals surface area contributed by atoms with Crippen molar-refractivity contribution in [2.75, 3.05) is 18.2 Å². The van der Waals surface area contributed by atoms with Gasteiger partial charge in [-0.05, 0) is 36.6 Å². The van der Waals surface area contributed by atoms with Crippen LogP contribution in [0.25, 0.3) is 0 Å². The minimum absolute atomic E-state index is 0.0855. The third kappa shape index (κ3) is 4.49. The van der Waals surface area contributed by atoms with E-state index >= 15 is 0 Å². The van der Waals surface area contributed by atoms with E-state index in [0.717, 1.165) is 6.42 Å². The number of hydrogen-bond acceptors (Lipinski definition) is 4. The molecule has 2 amide bonds. The maximum atomic E-state index is 12.6. The summed E-state index contributed by atoms with van der Waals surface area (Å²) in [5.41, 5.74) is 1.02. The van der Waals surface area contributed by atoms with Gasteiger partial charge in [0.1, 0.15) is 6.04 Å². The summed E-state index contributed by atoms with van der Waals surface area (Å²) in [7, 11) is 0. The van der Waals surface area contributed by atoms with Crippen LogP contribution in [-0.2, 0) is 4.79 Å². The highest BCUT2D eigenvalue weighted by atomic mass is 32.2. The van der Waals surface area contributed by atoms with E-state index in [1.54, 1.807) is 40.9 Å². The van der Waals surface area contributed by atoms with Crippen molar-refractivity contribution in [1.29, 1.82) is 5.26 Å². The highest BCUT2D eigenvalue weighted by Gasteiger charge is 2.34. The summed E-state index contributed by atoms with van der Waals surface area (Å²) in [6.07, 6.45) is 0.926. The molecule has 1 aliphatic heterocycles. The minimum Gasteiger partial charge on any atom is -0.354 e. The summed E-state index contributed by atoms with van der Waals surface area (Å²) in [5, 5.41) is 11.7. The summed E-state index contributed by atoms with van der Waals surface area (Å²) in [6, 6.07) is 8.12.